The summed E-state index contributed by atoms with van der Waals surface area (Å²) in [6, 6.07) is -0.955. The number of rotatable bonds is 4. The van der Waals surface area contributed by atoms with Crippen molar-refractivity contribution >= 4 is 24.5 Å². The average Bonchev–Trinajstić information content (AvgIpc) is 1.96. The molecule has 0 saturated carbocycles. The maximum atomic E-state index is 11.0. The van der Waals surface area contributed by atoms with Crippen molar-refractivity contribution in [1.82, 2.24) is 5.32 Å². The molecule has 1 atom stereocenters. The molecule has 0 bridgehead atoms. The van der Waals surface area contributed by atoms with E-state index < -0.39 is 16.8 Å². The fourth-order valence-electron chi connectivity index (χ4n) is 0.804. The van der Waals surface area contributed by atoms with Crippen molar-refractivity contribution in [3.63, 3.8) is 0 Å². The molecule has 0 aromatic carbocycles. The molecule has 0 aromatic rings. The zero-order chi connectivity index (χ0) is 10.6. The summed E-state index contributed by atoms with van der Waals surface area (Å²) in [5.74, 6) is -1.35. The van der Waals surface area contributed by atoms with E-state index in [2.05, 4.69) is 17.9 Å². The fraction of sp³-hybridized carbons (Fsp3) is 0.750. The summed E-state index contributed by atoms with van der Waals surface area (Å²) in [5.41, 5.74) is 0. The topological polar surface area (TPSA) is 66.4 Å². The lowest BCUT2D eigenvalue weighted by Gasteiger charge is -2.26. The van der Waals surface area contributed by atoms with Gasteiger partial charge in [-0.3, -0.25) is 4.79 Å². The van der Waals surface area contributed by atoms with Gasteiger partial charge in [-0.1, -0.05) is 6.92 Å². The predicted molar refractivity (Wildman–Crippen MR) is 52.9 cm³/mol. The van der Waals surface area contributed by atoms with E-state index in [-0.39, 0.29) is 12.3 Å². The van der Waals surface area contributed by atoms with Gasteiger partial charge in [0, 0.05) is 11.2 Å². The molecule has 0 aliphatic carbocycles. The molecule has 13 heavy (non-hydrogen) atoms. The Hall–Kier alpha value is -0.710. The quantitative estimate of drug-likeness (QED) is 0.591. The smallest absolute Gasteiger partial charge is 0.327 e. The fourth-order valence-corrected chi connectivity index (χ4v) is 0.979. The van der Waals surface area contributed by atoms with Gasteiger partial charge >= 0.3 is 5.97 Å². The number of carboxylic acids is 1. The largest absolute Gasteiger partial charge is 0.480 e. The molecule has 76 valence electrons. The first-order valence-corrected chi connectivity index (χ1v) is 4.48. The molecule has 4 nitrogen and oxygen atoms in total. The van der Waals surface area contributed by atoms with E-state index in [1.807, 2.05) is 0 Å². The highest BCUT2D eigenvalue weighted by Crippen LogP contribution is 2.17. The normalized spacial score (nSPS) is 13.5. The number of amides is 1. The van der Waals surface area contributed by atoms with Crippen molar-refractivity contribution < 1.29 is 14.7 Å². The molecule has 0 aliphatic rings. The Labute approximate surface area is 83.1 Å². The maximum absolute atomic E-state index is 11.0. The van der Waals surface area contributed by atoms with Crippen LogP contribution in [0.4, 0.5) is 0 Å². The summed E-state index contributed by atoms with van der Waals surface area (Å²) in [4.78, 5) is 21.7. The van der Waals surface area contributed by atoms with E-state index in [0.29, 0.717) is 0 Å². The highest BCUT2D eigenvalue weighted by Gasteiger charge is 2.32. The van der Waals surface area contributed by atoms with Gasteiger partial charge in [-0.05, 0) is 13.8 Å². The molecule has 0 aliphatic heterocycles. The van der Waals surface area contributed by atoms with Crippen molar-refractivity contribution in [3.8, 4) is 0 Å². The van der Waals surface area contributed by atoms with Crippen LogP contribution in [-0.4, -0.2) is 27.8 Å². The molecule has 0 heterocycles. The third-order valence-corrected chi connectivity index (χ3v) is 1.84. The Morgan fingerprint density at radius 2 is 2.00 bits per heavy atom. The van der Waals surface area contributed by atoms with Crippen molar-refractivity contribution in [1.29, 1.82) is 0 Å². The van der Waals surface area contributed by atoms with Gasteiger partial charge in [0.15, 0.2) is 0 Å². The number of aliphatic carboxylic acids is 1. The first-order chi connectivity index (χ1) is 5.79. The molecule has 0 fully saturated rings. The van der Waals surface area contributed by atoms with Crippen LogP contribution in [0.3, 0.4) is 0 Å². The number of nitrogens with one attached hydrogen (secondary N) is 1. The van der Waals surface area contributed by atoms with E-state index in [1.54, 1.807) is 20.8 Å². The predicted octanol–water partition coefficient (Wildman–Crippen LogP) is 0.674. The molecular formula is C8H15NO3S. The molecule has 0 aromatic heterocycles. The lowest BCUT2D eigenvalue weighted by Crippen LogP contribution is -2.51. The lowest BCUT2D eigenvalue weighted by atomic mass is 10.0. The van der Waals surface area contributed by atoms with Gasteiger partial charge < -0.3 is 10.4 Å². The summed E-state index contributed by atoms with van der Waals surface area (Å²) in [6.45, 7) is 4.95. The average molecular weight is 205 g/mol. The van der Waals surface area contributed by atoms with Crippen LogP contribution in [-0.2, 0) is 9.59 Å². The van der Waals surface area contributed by atoms with Gasteiger partial charge in [0.1, 0.15) is 6.04 Å². The number of hydrogen-bond donors (Lipinski definition) is 3. The first kappa shape index (κ1) is 12.3. The Morgan fingerprint density at radius 1 is 1.54 bits per heavy atom. The number of hydrogen-bond acceptors (Lipinski definition) is 3. The molecule has 0 spiro atoms. The SMILES string of the molecule is CCC(=O)NC(C(=O)O)C(C)(C)S. The minimum absolute atomic E-state index is 0.271. The van der Waals surface area contributed by atoms with Crippen LogP contribution < -0.4 is 5.32 Å². The van der Waals surface area contributed by atoms with Crippen LogP contribution in [0, 0.1) is 0 Å². The van der Waals surface area contributed by atoms with Crippen LogP contribution in [0.15, 0.2) is 0 Å². The highest BCUT2D eigenvalue weighted by atomic mass is 32.1. The minimum Gasteiger partial charge on any atom is -0.480 e. The van der Waals surface area contributed by atoms with E-state index in [4.69, 9.17) is 5.11 Å². The summed E-state index contributed by atoms with van der Waals surface area (Å²) >= 11 is 4.11. The second-order valence-corrected chi connectivity index (χ2v) is 4.50. The monoisotopic (exact) mass is 205 g/mol. The summed E-state index contributed by atoms with van der Waals surface area (Å²) in [6.07, 6.45) is 0.271. The van der Waals surface area contributed by atoms with E-state index >= 15 is 0 Å². The third kappa shape index (κ3) is 4.17. The highest BCUT2D eigenvalue weighted by molar-refractivity contribution is 7.81. The van der Waals surface area contributed by atoms with Gasteiger partial charge in [-0.2, -0.15) is 12.6 Å². The Balaban J connectivity index is 4.46. The van der Waals surface area contributed by atoms with Crippen molar-refractivity contribution in [2.75, 3.05) is 0 Å². The van der Waals surface area contributed by atoms with Crippen LogP contribution in [0.2, 0.25) is 0 Å². The van der Waals surface area contributed by atoms with Gasteiger partial charge in [-0.25, -0.2) is 4.79 Å². The van der Waals surface area contributed by atoms with E-state index in [0.717, 1.165) is 0 Å². The second kappa shape index (κ2) is 4.50. The van der Waals surface area contributed by atoms with Gasteiger partial charge in [0.2, 0.25) is 5.91 Å². The van der Waals surface area contributed by atoms with Crippen molar-refractivity contribution in [3.05, 3.63) is 0 Å². The minimum atomic E-state index is -1.07. The number of thiol groups is 1. The standard InChI is InChI=1S/C8H15NO3S/c1-4-5(10)9-6(7(11)12)8(2,3)13/h6,13H,4H2,1-3H3,(H,9,10)(H,11,12). The Bertz CT molecular complexity index is 210. The molecule has 0 rings (SSSR count). The zero-order valence-corrected chi connectivity index (χ0v) is 8.89. The third-order valence-electron chi connectivity index (χ3n) is 1.58. The van der Waals surface area contributed by atoms with Crippen LogP contribution in [0.5, 0.6) is 0 Å². The van der Waals surface area contributed by atoms with E-state index in [9.17, 15) is 9.59 Å². The molecule has 2 N–H and O–H groups in total. The molecule has 0 saturated heterocycles. The van der Waals surface area contributed by atoms with Crippen LogP contribution in [0.25, 0.3) is 0 Å². The van der Waals surface area contributed by atoms with Crippen molar-refractivity contribution in [2.24, 2.45) is 0 Å². The van der Waals surface area contributed by atoms with Gasteiger partial charge in [0.05, 0.1) is 0 Å². The Kier molecular flexibility index (Phi) is 4.26. The van der Waals surface area contributed by atoms with Crippen molar-refractivity contribution in [2.45, 2.75) is 38.0 Å². The number of carbonyl (C=O) groups excluding carboxylic acids is 1. The molecule has 1 unspecified atom stereocenters. The number of carbonyl (C=O) groups is 2. The number of carboxylic acid groups (broad SMARTS) is 1. The van der Waals surface area contributed by atoms with Gasteiger partial charge in [-0.15, -0.1) is 0 Å². The lowest BCUT2D eigenvalue weighted by molar-refractivity contribution is -0.142. The summed E-state index contributed by atoms with van der Waals surface area (Å²) in [7, 11) is 0. The van der Waals surface area contributed by atoms with Gasteiger partial charge in [0.25, 0.3) is 0 Å². The van der Waals surface area contributed by atoms with Crippen LogP contribution in [0.1, 0.15) is 27.2 Å². The molecule has 0 radical (unpaired) electrons. The molecular weight excluding hydrogens is 190 g/mol. The van der Waals surface area contributed by atoms with Crippen LogP contribution >= 0.6 is 12.6 Å². The van der Waals surface area contributed by atoms with E-state index in [1.165, 1.54) is 0 Å². The Morgan fingerprint density at radius 3 is 2.23 bits per heavy atom. The zero-order valence-electron chi connectivity index (χ0n) is 8.00. The summed E-state index contributed by atoms with van der Waals surface area (Å²) < 4.78 is -0.767. The first-order valence-electron chi connectivity index (χ1n) is 4.03. The maximum Gasteiger partial charge on any atom is 0.327 e. The second-order valence-electron chi connectivity index (χ2n) is 3.35. The molecule has 1 amide bonds. The summed E-state index contributed by atoms with van der Waals surface area (Å²) in [5, 5.41) is 11.2. The molecule has 5 heteroatoms.